The Morgan fingerprint density at radius 1 is 0.731 bits per heavy atom. The van der Waals surface area contributed by atoms with Gasteiger partial charge in [-0.15, -0.1) is 0 Å². The molecular formula is C20H34O6. The number of hydrogen-bond donors (Lipinski definition) is 0. The van der Waals surface area contributed by atoms with Crippen LogP contribution in [0.2, 0.25) is 0 Å². The number of rotatable bonds is 13. The van der Waals surface area contributed by atoms with E-state index in [4.69, 9.17) is 18.9 Å². The molecule has 6 nitrogen and oxygen atoms in total. The predicted octanol–water partition coefficient (Wildman–Crippen LogP) is 3.55. The number of esters is 2. The molecule has 6 heteroatoms. The fourth-order valence-electron chi connectivity index (χ4n) is 3.42. The minimum Gasteiger partial charge on any atom is -0.466 e. The molecule has 0 N–H and O–H groups in total. The van der Waals surface area contributed by atoms with Crippen LogP contribution in [0.4, 0.5) is 0 Å². The zero-order valence-corrected chi connectivity index (χ0v) is 15.9. The van der Waals surface area contributed by atoms with Gasteiger partial charge < -0.3 is 18.9 Å². The summed E-state index contributed by atoms with van der Waals surface area (Å²) >= 11 is 0. The maximum absolute atomic E-state index is 11.6. The van der Waals surface area contributed by atoms with Crippen LogP contribution in [0.5, 0.6) is 0 Å². The summed E-state index contributed by atoms with van der Waals surface area (Å²) in [7, 11) is 0. The SMILES string of the molecule is O=C(CCCCC(=O)OCCCC1CCCO1)OCCCC1CCCO1. The molecule has 0 aromatic heterocycles. The highest BCUT2D eigenvalue weighted by atomic mass is 16.5. The van der Waals surface area contributed by atoms with Crippen LogP contribution in [0, 0.1) is 0 Å². The van der Waals surface area contributed by atoms with Crippen LogP contribution < -0.4 is 0 Å². The van der Waals surface area contributed by atoms with E-state index in [9.17, 15) is 9.59 Å². The minimum atomic E-state index is -0.178. The molecule has 150 valence electrons. The maximum atomic E-state index is 11.6. The number of carbonyl (C=O) groups excluding carboxylic acids is 2. The van der Waals surface area contributed by atoms with Crippen molar-refractivity contribution < 1.29 is 28.5 Å². The van der Waals surface area contributed by atoms with Crippen molar-refractivity contribution in [3.8, 4) is 0 Å². The summed E-state index contributed by atoms with van der Waals surface area (Å²) in [6, 6.07) is 0. The van der Waals surface area contributed by atoms with Crippen molar-refractivity contribution in [3.63, 3.8) is 0 Å². The van der Waals surface area contributed by atoms with Gasteiger partial charge in [-0.2, -0.15) is 0 Å². The third-order valence-corrected chi connectivity index (χ3v) is 4.93. The van der Waals surface area contributed by atoms with Crippen LogP contribution in [-0.4, -0.2) is 50.6 Å². The van der Waals surface area contributed by atoms with Crippen molar-refractivity contribution in [2.24, 2.45) is 0 Å². The zero-order chi connectivity index (χ0) is 18.5. The van der Waals surface area contributed by atoms with Gasteiger partial charge in [0.05, 0.1) is 25.4 Å². The van der Waals surface area contributed by atoms with Gasteiger partial charge in [-0.05, 0) is 64.2 Å². The van der Waals surface area contributed by atoms with Crippen LogP contribution in [0.15, 0.2) is 0 Å². The topological polar surface area (TPSA) is 71.1 Å². The fraction of sp³-hybridized carbons (Fsp3) is 0.900. The van der Waals surface area contributed by atoms with E-state index in [-0.39, 0.29) is 11.9 Å². The van der Waals surface area contributed by atoms with Gasteiger partial charge in [0.25, 0.3) is 0 Å². The van der Waals surface area contributed by atoms with Crippen molar-refractivity contribution in [3.05, 3.63) is 0 Å². The van der Waals surface area contributed by atoms with Crippen LogP contribution >= 0.6 is 0 Å². The number of carbonyl (C=O) groups is 2. The van der Waals surface area contributed by atoms with Crippen molar-refractivity contribution in [1.82, 2.24) is 0 Å². The van der Waals surface area contributed by atoms with Crippen LogP contribution in [0.1, 0.15) is 77.0 Å². The van der Waals surface area contributed by atoms with E-state index in [2.05, 4.69) is 0 Å². The molecular weight excluding hydrogens is 336 g/mol. The molecule has 0 aliphatic carbocycles. The lowest BCUT2D eigenvalue weighted by Gasteiger charge is -2.10. The van der Waals surface area contributed by atoms with Gasteiger partial charge in [-0.1, -0.05) is 0 Å². The third kappa shape index (κ3) is 9.53. The molecule has 0 amide bonds. The Kier molecular flexibility index (Phi) is 10.7. The maximum Gasteiger partial charge on any atom is 0.305 e. The average molecular weight is 370 g/mol. The molecule has 2 fully saturated rings. The van der Waals surface area contributed by atoms with E-state index in [1.807, 2.05) is 0 Å². The first-order chi connectivity index (χ1) is 12.7. The minimum absolute atomic E-state index is 0.178. The molecule has 2 heterocycles. The van der Waals surface area contributed by atoms with Crippen LogP contribution in [0.25, 0.3) is 0 Å². The molecule has 2 atom stereocenters. The summed E-state index contributed by atoms with van der Waals surface area (Å²) in [5.41, 5.74) is 0. The molecule has 2 aliphatic heterocycles. The van der Waals surface area contributed by atoms with Gasteiger partial charge in [0.15, 0.2) is 0 Å². The second kappa shape index (κ2) is 13.1. The zero-order valence-electron chi connectivity index (χ0n) is 15.9. The van der Waals surface area contributed by atoms with Gasteiger partial charge in [0, 0.05) is 26.1 Å². The molecule has 0 saturated carbocycles. The molecule has 0 aromatic carbocycles. The lowest BCUT2D eigenvalue weighted by molar-refractivity contribution is -0.146. The highest BCUT2D eigenvalue weighted by Crippen LogP contribution is 2.17. The Morgan fingerprint density at radius 3 is 1.58 bits per heavy atom. The molecule has 2 unspecified atom stereocenters. The van der Waals surface area contributed by atoms with E-state index in [0.717, 1.165) is 64.6 Å². The van der Waals surface area contributed by atoms with Gasteiger partial charge in [0.2, 0.25) is 0 Å². The summed E-state index contributed by atoms with van der Waals surface area (Å²) in [6.07, 6.45) is 10.9. The summed E-state index contributed by atoms with van der Waals surface area (Å²) in [6.45, 7) is 2.65. The Morgan fingerprint density at radius 2 is 1.19 bits per heavy atom. The summed E-state index contributed by atoms with van der Waals surface area (Å²) in [4.78, 5) is 23.3. The van der Waals surface area contributed by atoms with Crippen molar-refractivity contribution >= 4 is 11.9 Å². The molecule has 0 bridgehead atoms. The molecule has 2 saturated heterocycles. The molecule has 2 rings (SSSR count). The van der Waals surface area contributed by atoms with E-state index in [1.165, 1.54) is 0 Å². The average Bonchev–Trinajstić information content (AvgIpc) is 3.33. The number of hydrogen-bond acceptors (Lipinski definition) is 6. The van der Waals surface area contributed by atoms with Crippen molar-refractivity contribution in [2.75, 3.05) is 26.4 Å². The first-order valence-electron chi connectivity index (χ1n) is 10.3. The second-order valence-electron chi connectivity index (χ2n) is 7.20. The molecule has 2 aliphatic rings. The van der Waals surface area contributed by atoms with E-state index in [1.54, 1.807) is 0 Å². The normalized spacial score (nSPS) is 22.5. The van der Waals surface area contributed by atoms with Gasteiger partial charge in [-0.25, -0.2) is 0 Å². The number of ether oxygens (including phenoxy) is 4. The lowest BCUT2D eigenvalue weighted by Crippen LogP contribution is -2.11. The van der Waals surface area contributed by atoms with Gasteiger partial charge >= 0.3 is 11.9 Å². The third-order valence-electron chi connectivity index (χ3n) is 4.93. The van der Waals surface area contributed by atoms with Gasteiger partial charge in [0.1, 0.15) is 0 Å². The smallest absolute Gasteiger partial charge is 0.305 e. The van der Waals surface area contributed by atoms with Crippen molar-refractivity contribution in [1.29, 1.82) is 0 Å². The monoisotopic (exact) mass is 370 g/mol. The standard InChI is InChI=1S/C20H34O6/c21-19(25-15-5-9-17-7-3-13-23-17)11-1-2-12-20(22)26-16-6-10-18-8-4-14-24-18/h17-18H,1-16H2. The first kappa shape index (κ1) is 21.2. The highest BCUT2D eigenvalue weighted by molar-refractivity contribution is 5.70. The Balaban J connectivity index is 1.34. The first-order valence-corrected chi connectivity index (χ1v) is 10.3. The van der Waals surface area contributed by atoms with Crippen molar-refractivity contribution in [2.45, 2.75) is 89.3 Å². The van der Waals surface area contributed by atoms with Crippen LogP contribution in [-0.2, 0) is 28.5 Å². The highest BCUT2D eigenvalue weighted by Gasteiger charge is 2.16. The fourth-order valence-corrected chi connectivity index (χ4v) is 3.42. The predicted molar refractivity (Wildman–Crippen MR) is 96.8 cm³/mol. The van der Waals surface area contributed by atoms with E-state index < -0.39 is 0 Å². The Hall–Kier alpha value is -1.14. The molecule has 0 radical (unpaired) electrons. The Bertz CT molecular complexity index is 361. The quantitative estimate of drug-likeness (QED) is 0.365. The summed E-state index contributed by atoms with van der Waals surface area (Å²) in [5, 5.41) is 0. The molecule has 0 spiro atoms. The lowest BCUT2D eigenvalue weighted by atomic mass is 10.1. The summed E-state index contributed by atoms with van der Waals surface area (Å²) in [5.74, 6) is -0.357. The largest absolute Gasteiger partial charge is 0.466 e. The molecule has 26 heavy (non-hydrogen) atoms. The number of unbranched alkanes of at least 4 members (excludes halogenated alkanes) is 1. The van der Waals surface area contributed by atoms with E-state index >= 15 is 0 Å². The van der Waals surface area contributed by atoms with Gasteiger partial charge in [-0.3, -0.25) is 9.59 Å². The second-order valence-corrected chi connectivity index (χ2v) is 7.20. The van der Waals surface area contributed by atoms with E-state index in [0.29, 0.717) is 51.1 Å². The Labute approximate surface area is 156 Å². The summed E-state index contributed by atoms with van der Waals surface area (Å²) < 4.78 is 21.5. The van der Waals surface area contributed by atoms with Crippen LogP contribution in [0.3, 0.4) is 0 Å². The molecule has 0 aromatic rings.